The minimum atomic E-state index is 0.582. The first-order valence-electron chi connectivity index (χ1n) is 6.50. The molecule has 3 atom stereocenters. The van der Waals surface area contributed by atoms with Gasteiger partial charge >= 0.3 is 0 Å². The Morgan fingerprint density at radius 1 is 1.07 bits per heavy atom. The highest BCUT2D eigenvalue weighted by Crippen LogP contribution is 2.39. The van der Waals surface area contributed by atoms with Crippen molar-refractivity contribution in [2.24, 2.45) is 17.3 Å². The van der Waals surface area contributed by atoms with Gasteiger partial charge in [0.25, 0.3) is 0 Å². The van der Waals surface area contributed by atoms with Crippen LogP contribution in [0.1, 0.15) is 73.6 Å². The molecule has 0 heterocycles. The van der Waals surface area contributed by atoms with E-state index in [1.807, 2.05) is 0 Å². The van der Waals surface area contributed by atoms with Crippen LogP contribution in [0.25, 0.3) is 0 Å². The molecular weight excluding hydrogens is 168 g/mol. The lowest BCUT2D eigenvalue weighted by Gasteiger charge is -2.36. The zero-order valence-electron chi connectivity index (χ0n) is 11.2. The van der Waals surface area contributed by atoms with Gasteiger partial charge in [-0.3, -0.25) is 0 Å². The van der Waals surface area contributed by atoms with Crippen molar-refractivity contribution in [2.45, 2.75) is 73.6 Å². The van der Waals surface area contributed by atoms with Gasteiger partial charge in [-0.1, -0.05) is 60.8 Å². The van der Waals surface area contributed by atoms with Crippen molar-refractivity contribution < 1.29 is 0 Å². The minimum absolute atomic E-state index is 0.582. The van der Waals surface area contributed by atoms with Crippen LogP contribution in [0.3, 0.4) is 0 Å². The molecule has 0 saturated heterocycles. The molecule has 0 amide bonds. The lowest BCUT2D eigenvalue weighted by atomic mass is 9.69. The lowest BCUT2D eigenvalue weighted by molar-refractivity contribution is 0.146. The van der Waals surface area contributed by atoms with Gasteiger partial charge in [0, 0.05) is 0 Å². The molecule has 0 aromatic rings. The van der Waals surface area contributed by atoms with Crippen molar-refractivity contribution in [3.8, 4) is 0 Å². The number of hydrogen-bond donors (Lipinski definition) is 0. The van der Waals surface area contributed by atoms with Gasteiger partial charge in [0.2, 0.25) is 0 Å². The molecule has 0 aliphatic heterocycles. The molecule has 0 radical (unpaired) electrons. The molecular formula is C14H30. The van der Waals surface area contributed by atoms with E-state index in [2.05, 4.69) is 41.5 Å². The molecule has 86 valence electrons. The number of rotatable bonds is 7. The van der Waals surface area contributed by atoms with E-state index in [1.165, 1.54) is 32.1 Å². The zero-order chi connectivity index (χ0) is 11.2. The monoisotopic (exact) mass is 198 g/mol. The van der Waals surface area contributed by atoms with E-state index in [-0.39, 0.29) is 0 Å². The highest BCUT2D eigenvalue weighted by atomic mass is 14.3. The van der Waals surface area contributed by atoms with Crippen molar-refractivity contribution in [2.75, 3.05) is 0 Å². The van der Waals surface area contributed by atoms with E-state index in [4.69, 9.17) is 0 Å². The minimum Gasteiger partial charge on any atom is -0.0654 e. The van der Waals surface area contributed by atoms with Crippen LogP contribution < -0.4 is 0 Å². The molecule has 0 nitrogen and oxygen atoms in total. The summed E-state index contributed by atoms with van der Waals surface area (Å²) in [6.45, 7) is 14.3. The fourth-order valence-electron chi connectivity index (χ4n) is 2.40. The standard InChI is InChI=1S/C14H30/c1-7-10-14(6,9-3)13(5)11-12(4)8-2/h12-13H,7-11H2,1-6H3. The van der Waals surface area contributed by atoms with Gasteiger partial charge in [0.1, 0.15) is 0 Å². The van der Waals surface area contributed by atoms with Crippen LogP contribution in [-0.2, 0) is 0 Å². The summed E-state index contributed by atoms with van der Waals surface area (Å²) in [5.74, 6) is 1.77. The Hall–Kier alpha value is 0. The average molecular weight is 198 g/mol. The fraction of sp³-hybridized carbons (Fsp3) is 1.00. The maximum absolute atomic E-state index is 2.48. The first kappa shape index (κ1) is 14.0. The van der Waals surface area contributed by atoms with E-state index >= 15 is 0 Å². The van der Waals surface area contributed by atoms with Crippen molar-refractivity contribution in [1.82, 2.24) is 0 Å². The molecule has 0 spiro atoms. The summed E-state index contributed by atoms with van der Waals surface area (Å²) >= 11 is 0. The Morgan fingerprint density at radius 3 is 2.00 bits per heavy atom. The van der Waals surface area contributed by atoms with Crippen molar-refractivity contribution >= 4 is 0 Å². The molecule has 0 heteroatoms. The number of hydrogen-bond acceptors (Lipinski definition) is 0. The van der Waals surface area contributed by atoms with Crippen molar-refractivity contribution in [3.05, 3.63) is 0 Å². The van der Waals surface area contributed by atoms with Gasteiger partial charge in [0.15, 0.2) is 0 Å². The smallest absolute Gasteiger partial charge is 0.0303 e. The summed E-state index contributed by atoms with van der Waals surface area (Å²) < 4.78 is 0. The first-order chi connectivity index (χ1) is 6.50. The maximum Gasteiger partial charge on any atom is -0.0303 e. The molecule has 0 aromatic carbocycles. The molecule has 0 aliphatic carbocycles. The van der Waals surface area contributed by atoms with Gasteiger partial charge < -0.3 is 0 Å². The topological polar surface area (TPSA) is 0 Å². The van der Waals surface area contributed by atoms with Gasteiger partial charge in [-0.2, -0.15) is 0 Å². The van der Waals surface area contributed by atoms with Gasteiger partial charge in [-0.25, -0.2) is 0 Å². The summed E-state index contributed by atoms with van der Waals surface area (Å²) in [4.78, 5) is 0. The first-order valence-corrected chi connectivity index (χ1v) is 6.50. The second-order valence-corrected chi connectivity index (χ2v) is 5.41. The molecule has 0 aromatic heterocycles. The second-order valence-electron chi connectivity index (χ2n) is 5.41. The third kappa shape index (κ3) is 4.02. The maximum atomic E-state index is 2.48. The highest BCUT2D eigenvalue weighted by Gasteiger charge is 2.28. The van der Waals surface area contributed by atoms with E-state index in [0.717, 1.165) is 11.8 Å². The van der Waals surface area contributed by atoms with Crippen LogP contribution >= 0.6 is 0 Å². The Kier molecular flexibility index (Phi) is 6.48. The van der Waals surface area contributed by atoms with E-state index < -0.39 is 0 Å². The second kappa shape index (κ2) is 6.48. The summed E-state index contributed by atoms with van der Waals surface area (Å²) in [6, 6.07) is 0. The van der Waals surface area contributed by atoms with Crippen molar-refractivity contribution in [3.63, 3.8) is 0 Å². The summed E-state index contributed by atoms with van der Waals surface area (Å²) in [5.41, 5.74) is 0.582. The van der Waals surface area contributed by atoms with Crippen LogP contribution in [0.4, 0.5) is 0 Å². The highest BCUT2D eigenvalue weighted by molar-refractivity contribution is 4.79. The van der Waals surface area contributed by atoms with E-state index in [0.29, 0.717) is 5.41 Å². The Balaban J connectivity index is 4.21. The molecule has 0 fully saturated rings. The molecule has 0 saturated carbocycles. The summed E-state index contributed by atoms with van der Waals surface area (Å²) in [5, 5.41) is 0. The van der Waals surface area contributed by atoms with Crippen molar-refractivity contribution in [1.29, 1.82) is 0 Å². The van der Waals surface area contributed by atoms with E-state index in [9.17, 15) is 0 Å². The van der Waals surface area contributed by atoms with Gasteiger partial charge in [0.05, 0.1) is 0 Å². The molecule has 3 unspecified atom stereocenters. The normalized spacial score (nSPS) is 20.1. The summed E-state index contributed by atoms with van der Waals surface area (Å²) in [6.07, 6.45) is 6.78. The zero-order valence-corrected chi connectivity index (χ0v) is 11.2. The Bertz CT molecular complexity index is 139. The van der Waals surface area contributed by atoms with Gasteiger partial charge in [-0.05, 0) is 30.1 Å². The third-order valence-electron chi connectivity index (χ3n) is 4.27. The van der Waals surface area contributed by atoms with Crippen LogP contribution in [0, 0.1) is 17.3 Å². The molecule has 0 bridgehead atoms. The molecule has 0 rings (SSSR count). The van der Waals surface area contributed by atoms with Gasteiger partial charge in [-0.15, -0.1) is 0 Å². The molecule has 14 heavy (non-hydrogen) atoms. The molecule has 0 N–H and O–H groups in total. The summed E-state index contributed by atoms with van der Waals surface area (Å²) in [7, 11) is 0. The average Bonchev–Trinajstić information content (AvgIpc) is 2.17. The third-order valence-corrected chi connectivity index (χ3v) is 4.27. The van der Waals surface area contributed by atoms with Crippen LogP contribution in [0.15, 0.2) is 0 Å². The lowest BCUT2D eigenvalue weighted by Crippen LogP contribution is -2.26. The predicted molar refractivity (Wildman–Crippen MR) is 66.5 cm³/mol. The largest absolute Gasteiger partial charge is 0.0654 e. The quantitative estimate of drug-likeness (QED) is 0.522. The van der Waals surface area contributed by atoms with Crippen LogP contribution in [0.5, 0.6) is 0 Å². The van der Waals surface area contributed by atoms with E-state index in [1.54, 1.807) is 0 Å². The Labute approximate surface area is 91.5 Å². The van der Waals surface area contributed by atoms with Crippen LogP contribution in [-0.4, -0.2) is 0 Å². The van der Waals surface area contributed by atoms with Crippen LogP contribution in [0.2, 0.25) is 0 Å². The molecule has 0 aliphatic rings. The predicted octanol–water partition coefficient (Wildman–Crippen LogP) is 5.28. The fourth-order valence-corrected chi connectivity index (χ4v) is 2.40. The SMILES string of the molecule is CCCC(C)(CC)C(C)CC(C)CC. The Morgan fingerprint density at radius 2 is 1.64 bits per heavy atom.